The second kappa shape index (κ2) is 10.6. The molecule has 0 spiro atoms. The number of hydrogen-bond acceptors (Lipinski definition) is 3. The van der Waals surface area contributed by atoms with Crippen LogP contribution in [0.2, 0.25) is 0 Å². The molecule has 0 N–H and O–H groups in total. The van der Waals surface area contributed by atoms with Crippen molar-refractivity contribution in [3.63, 3.8) is 0 Å². The summed E-state index contributed by atoms with van der Waals surface area (Å²) in [6, 6.07) is 46.9. The smallest absolute Gasteiger partial charge is 0.238 e. The number of aromatic nitrogens is 5. The molecule has 0 amide bonds. The van der Waals surface area contributed by atoms with Crippen molar-refractivity contribution >= 4 is 60.1 Å². The van der Waals surface area contributed by atoms with Gasteiger partial charge in [0, 0.05) is 38.4 Å². The molecule has 0 bridgehead atoms. The zero-order chi connectivity index (χ0) is 31.6. The third-order valence-corrected chi connectivity index (χ3v) is 9.62. The highest BCUT2D eigenvalue weighted by Gasteiger charge is 2.24. The lowest BCUT2D eigenvalue weighted by Crippen LogP contribution is -2.07. The number of fused-ring (bicyclic) bond motifs is 9. The lowest BCUT2D eigenvalue weighted by molar-refractivity contribution is 0.950. The van der Waals surface area contributed by atoms with Gasteiger partial charge in [0.1, 0.15) is 0 Å². The number of para-hydroxylation sites is 1. The molecule has 226 valence electrons. The summed E-state index contributed by atoms with van der Waals surface area (Å²) < 4.78 is 4.76. The first-order valence-corrected chi connectivity index (χ1v) is 16.4. The Morgan fingerprint density at radius 1 is 0.479 bits per heavy atom. The van der Waals surface area contributed by atoms with E-state index in [1.54, 1.807) is 0 Å². The quantitative estimate of drug-likeness (QED) is 0.198. The molecule has 1 aliphatic rings. The van der Waals surface area contributed by atoms with Gasteiger partial charge in [0.15, 0.2) is 11.6 Å². The van der Waals surface area contributed by atoms with E-state index in [1.165, 1.54) is 43.7 Å². The molecule has 0 aliphatic heterocycles. The second-order valence-corrected chi connectivity index (χ2v) is 12.4. The predicted octanol–water partition coefficient (Wildman–Crippen LogP) is 10.8. The van der Waals surface area contributed by atoms with Crippen molar-refractivity contribution in [2.45, 2.75) is 12.8 Å². The maximum atomic E-state index is 5.23. The maximum Gasteiger partial charge on any atom is 0.238 e. The Labute approximate surface area is 276 Å². The summed E-state index contributed by atoms with van der Waals surface area (Å²) >= 11 is 0. The summed E-state index contributed by atoms with van der Waals surface area (Å²) in [5.74, 6) is 1.88. The molecule has 3 heterocycles. The fraction of sp³-hybridized carbons (Fsp3) is 0.0465. The van der Waals surface area contributed by atoms with E-state index in [-0.39, 0.29) is 0 Å². The summed E-state index contributed by atoms with van der Waals surface area (Å²) in [4.78, 5) is 15.5. The third kappa shape index (κ3) is 4.01. The lowest BCUT2D eigenvalue weighted by Gasteiger charge is -2.16. The van der Waals surface area contributed by atoms with Crippen LogP contribution in [0.25, 0.3) is 88.8 Å². The fourth-order valence-corrected chi connectivity index (χ4v) is 7.50. The van der Waals surface area contributed by atoms with Gasteiger partial charge in [-0.1, -0.05) is 133 Å². The Morgan fingerprint density at radius 2 is 1.12 bits per heavy atom. The van der Waals surface area contributed by atoms with Crippen molar-refractivity contribution in [3.8, 4) is 28.7 Å². The molecular formula is C43H29N5. The lowest BCUT2D eigenvalue weighted by atomic mass is 10.0. The molecule has 0 fully saturated rings. The normalized spacial score (nSPS) is 13.3. The molecule has 10 rings (SSSR count). The zero-order valence-electron chi connectivity index (χ0n) is 26.1. The van der Waals surface area contributed by atoms with E-state index in [0.29, 0.717) is 17.6 Å². The summed E-state index contributed by atoms with van der Waals surface area (Å²) in [5, 5.41) is 7.31. The monoisotopic (exact) mass is 615 g/mol. The molecule has 0 saturated carbocycles. The SMILES string of the molecule is C1=CCCC(n2c3ccc4ccccc4c3c3ccc4c5ccccc5n(-c5nc(-c6ccccc6)nc(-c6ccccc6)n5)c4c32)=C1. The van der Waals surface area contributed by atoms with Crippen LogP contribution in [0, 0.1) is 0 Å². The van der Waals surface area contributed by atoms with Crippen LogP contribution >= 0.6 is 0 Å². The molecule has 5 heteroatoms. The van der Waals surface area contributed by atoms with Crippen molar-refractivity contribution in [1.82, 2.24) is 24.1 Å². The van der Waals surface area contributed by atoms with Crippen molar-refractivity contribution in [1.29, 1.82) is 0 Å². The molecule has 0 saturated heterocycles. The average Bonchev–Trinajstić information content (AvgIpc) is 3.69. The first kappa shape index (κ1) is 26.8. The first-order valence-electron chi connectivity index (χ1n) is 16.4. The highest BCUT2D eigenvalue weighted by molar-refractivity contribution is 6.28. The van der Waals surface area contributed by atoms with Gasteiger partial charge in [0.2, 0.25) is 5.95 Å². The molecule has 1 aliphatic carbocycles. The molecule has 5 nitrogen and oxygen atoms in total. The van der Waals surface area contributed by atoms with Crippen LogP contribution in [0.5, 0.6) is 0 Å². The summed E-state index contributed by atoms with van der Waals surface area (Å²) in [7, 11) is 0. The van der Waals surface area contributed by atoms with E-state index in [1.807, 2.05) is 36.4 Å². The van der Waals surface area contributed by atoms with Crippen molar-refractivity contribution in [2.75, 3.05) is 0 Å². The highest BCUT2D eigenvalue weighted by Crippen LogP contribution is 2.44. The molecule has 0 atom stereocenters. The largest absolute Gasteiger partial charge is 0.311 e. The minimum atomic E-state index is 0.598. The Bertz CT molecular complexity index is 2710. The molecule has 6 aromatic carbocycles. The van der Waals surface area contributed by atoms with Gasteiger partial charge in [-0.3, -0.25) is 4.57 Å². The van der Waals surface area contributed by atoms with Gasteiger partial charge in [-0.2, -0.15) is 9.97 Å². The minimum Gasteiger partial charge on any atom is -0.311 e. The van der Waals surface area contributed by atoms with Gasteiger partial charge >= 0.3 is 0 Å². The number of benzene rings is 6. The second-order valence-electron chi connectivity index (χ2n) is 12.4. The van der Waals surface area contributed by atoms with Gasteiger partial charge in [-0.25, -0.2) is 4.98 Å². The van der Waals surface area contributed by atoms with Gasteiger partial charge in [-0.05, 0) is 41.8 Å². The van der Waals surface area contributed by atoms with E-state index in [9.17, 15) is 0 Å². The van der Waals surface area contributed by atoms with Crippen LogP contribution in [0.3, 0.4) is 0 Å². The van der Waals surface area contributed by atoms with Crippen molar-refractivity contribution in [2.24, 2.45) is 0 Å². The van der Waals surface area contributed by atoms with Gasteiger partial charge in [0.05, 0.1) is 22.1 Å². The number of rotatable bonds is 4. The molecule has 3 aromatic heterocycles. The van der Waals surface area contributed by atoms with Crippen LogP contribution in [-0.2, 0) is 0 Å². The average molecular weight is 616 g/mol. The minimum absolute atomic E-state index is 0.598. The van der Waals surface area contributed by atoms with Crippen molar-refractivity contribution < 1.29 is 0 Å². The van der Waals surface area contributed by atoms with Crippen LogP contribution in [0.1, 0.15) is 12.8 Å². The van der Waals surface area contributed by atoms with Crippen LogP contribution in [-0.4, -0.2) is 24.1 Å². The summed E-state index contributed by atoms with van der Waals surface area (Å²) in [5.41, 5.74) is 7.70. The number of hydrogen-bond donors (Lipinski definition) is 0. The molecular weight excluding hydrogens is 587 g/mol. The van der Waals surface area contributed by atoms with E-state index in [2.05, 4.69) is 124 Å². The number of nitrogens with zero attached hydrogens (tertiary/aromatic N) is 5. The number of allylic oxidation sites excluding steroid dienone is 4. The van der Waals surface area contributed by atoms with Crippen LogP contribution in [0.15, 0.2) is 152 Å². The molecule has 9 aromatic rings. The summed E-state index contributed by atoms with van der Waals surface area (Å²) in [6.07, 6.45) is 8.68. The van der Waals surface area contributed by atoms with E-state index < -0.39 is 0 Å². The standard InChI is InChI=1S/C43H29N5/c1-4-15-29(16-5-1)41-44-42(30-17-6-2-7-18-30)46-43(45-41)48-36-23-13-12-22-33(36)34-25-26-35-38-32-21-11-10-14-28(32)24-27-37(38)47(40(35)39(34)48)31-19-8-3-9-20-31/h1-8,10-19,21-27H,9,20H2. The highest BCUT2D eigenvalue weighted by atomic mass is 15.2. The van der Waals surface area contributed by atoms with Gasteiger partial charge < -0.3 is 4.57 Å². The molecule has 48 heavy (non-hydrogen) atoms. The molecule has 0 unspecified atom stereocenters. The third-order valence-electron chi connectivity index (χ3n) is 9.62. The first-order chi connectivity index (χ1) is 23.8. The zero-order valence-corrected chi connectivity index (χ0v) is 26.1. The fourth-order valence-electron chi connectivity index (χ4n) is 7.50. The van der Waals surface area contributed by atoms with Crippen molar-refractivity contribution in [3.05, 3.63) is 152 Å². The van der Waals surface area contributed by atoms with E-state index in [4.69, 9.17) is 15.0 Å². The Hall–Kier alpha value is -6.33. The van der Waals surface area contributed by atoms with Crippen LogP contribution in [0.4, 0.5) is 0 Å². The maximum absolute atomic E-state index is 5.23. The summed E-state index contributed by atoms with van der Waals surface area (Å²) in [6.45, 7) is 0. The Morgan fingerprint density at radius 3 is 1.85 bits per heavy atom. The van der Waals surface area contributed by atoms with Gasteiger partial charge in [-0.15, -0.1) is 0 Å². The predicted molar refractivity (Wildman–Crippen MR) is 198 cm³/mol. The Balaban J connectivity index is 1.41. The Kier molecular flexibility index (Phi) is 5.93. The van der Waals surface area contributed by atoms with E-state index >= 15 is 0 Å². The molecule has 0 radical (unpaired) electrons. The van der Waals surface area contributed by atoms with Gasteiger partial charge in [0.25, 0.3) is 0 Å². The van der Waals surface area contributed by atoms with Crippen LogP contribution < -0.4 is 0 Å². The van der Waals surface area contributed by atoms with E-state index in [0.717, 1.165) is 40.4 Å². The topological polar surface area (TPSA) is 48.5 Å².